The molecule has 0 N–H and O–H groups in total. The van der Waals surface area contributed by atoms with Gasteiger partial charge >= 0.3 is 0 Å². The number of thioether (sulfide) groups is 1. The van der Waals surface area contributed by atoms with E-state index in [0.717, 1.165) is 5.56 Å². The third kappa shape index (κ3) is 3.75. The molecule has 29 heavy (non-hydrogen) atoms. The number of fused-ring (bicyclic) bond motifs is 1. The maximum Gasteiger partial charge on any atom is 0.266 e. The van der Waals surface area contributed by atoms with Gasteiger partial charge in [-0.2, -0.15) is 5.26 Å². The number of hydrogen-bond acceptors (Lipinski definition) is 4. The summed E-state index contributed by atoms with van der Waals surface area (Å²) >= 11 is 7.27. The van der Waals surface area contributed by atoms with Crippen LogP contribution in [0.3, 0.4) is 0 Å². The van der Waals surface area contributed by atoms with Crippen LogP contribution in [-0.4, -0.2) is 9.55 Å². The Morgan fingerprint density at radius 3 is 2.66 bits per heavy atom. The van der Waals surface area contributed by atoms with Gasteiger partial charge in [-0.1, -0.05) is 53.7 Å². The van der Waals surface area contributed by atoms with Gasteiger partial charge in [-0.15, -0.1) is 0 Å². The fourth-order valence-electron chi connectivity index (χ4n) is 2.96. The highest BCUT2D eigenvalue weighted by Gasteiger charge is 2.15. The van der Waals surface area contributed by atoms with Crippen molar-refractivity contribution in [3.05, 3.63) is 99.1 Å². The predicted molar refractivity (Wildman–Crippen MR) is 113 cm³/mol. The second-order valence-electron chi connectivity index (χ2n) is 6.21. The molecule has 0 unspecified atom stereocenters. The Morgan fingerprint density at radius 2 is 1.86 bits per heavy atom. The number of nitriles is 1. The van der Waals surface area contributed by atoms with E-state index in [1.807, 2.05) is 18.2 Å². The molecule has 0 fully saturated rings. The molecule has 1 aromatic heterocycles. The molecule has 4 rings (SSSR count). The van der Waals surface area contributed by atoms with E-state index in [4.69, 9.17) is 11.6 Å². The zero-order valence-corrected chi connectivity index (χ0v) is 16.5. The lowest BCUT2D eigenvalue weighted by Gasteiger charge is -2.14. The van der Waals surface area contributed by atoms with Crippen molar-refractivity contribution in [2.75, 3.05) is 0 Å². The number of halogens is 2. The molecule has 142 valence electrons. The Morgan fingerprint density at radius 1 is 1.10 bits per heavy atom. The summed E-state index contributed by atoms with van der Waals surface area (Å²) in [5.74, 6) is -0.113. The first-order valence-electron chi connectivity index (χ1n) is 8.66. The van der Waals surface area contributed by atoms with Crippen molar-refractivity contribution in [2.45, 2.75) is 10.9 Å². The van der Waals surface area contributed by atoms with Gasteiger partial charge in [-0.3, -0.25) is 9.36 Å². The Hall–Kier alpha value is -3.14. The zero-order chi connectivity index (χ0) is 20.4. The first-order chi connectivity index (χ1) is 14.1. The summed E-state index contributed by atoms with van der Waals surface area (Å²) in [7, 11) is 0. The normalized spacial score (nSPS) is 10.8. The molecule has 0 atom stereocenters. The Bertz CT molecular complexity index is 1330. The molecular formula is C22H13ClFN3OS. The first kappa shape index (κ1) is 19.2. The number of rotatable bonds is 4. The molecule has 0 aliphatic carbocycles. The molecule has 0 aliphatic rings. The quantitative estimate of drug-likeness (QED) is 0.329. The SMILES string of the molecule is N#Cc1ccccc1CSc1nc2ccccc2c(=O)n1-c1ccc(F)c(Cl)c1. The van der Waals surface area contributed by atoms with E-state index >= 15 is 0 Å². The Labute approximate surface area is 175 Å². The molecule has 0 radical (unpaired) electrons. The predicted octanol–water partition coefficient (Wildman–Crippen LogP) is 5.34. The average Bonchev–Trinajstić information content (AvgIpc) is 2.74. The van der Waals surface area contributed by atoms with E-state index in [-0.39, 0.29) is 10.6 Å². The molecule has 0 amide bonds. The van der Waals surface area contributed by atoms with Crippen LogP contribution >= 0.6 is 23.4 Å². The number of hydrogen-bond donors (Lipinski definition) is 0. The number of benzene rings is 3. The molecule has 0 saturated carbocycles. The lowest BCUT2D eigenvalue weighted by Crippen LogP contribution is -2.21. The number of nitrogens with zero attached hydrogens (tertiary/aromatic N) is 3. The second kappa shape index (κ2) is 8.08. The van der Waals surface area contributed by atoms with Crippen molar-refractivity contribution >= 4 is 34.3 Å². The maximum atomic E-state index is 13.7. The van der Waals surface area contributed by atoms with Gasteiger partial charge in [0.05, 0.1) is 33.2 Å². The van der Waals surface area contributed by atoms with Crippen molar-refractivity contribution in [1.82, 2.24) is 9.55 Å². The molecule has 3 aromatic carbocycles. The van der Waals surface area contributed by atoms with Crippen LogP contribution in [0.5, 0.6) is 0 Å². The number of aromatic nitrogens is 2. The Kier molecular flexibility index (Phi) is 5.34. The van der Waals surface area contributed by atoms with E-state index in [9.17, 15) is 14.4 Å². The van der Waals surface area contributed by atoms with Crippen LogP contribution < -0.4 is 5.56 Å². The van der Waals surface area contributed by atoms with E-state index in [2.05, 4.69) is 11.1 Å². The lowest BCUT2D eigenvalue weighted by atomic mass is 10.1. The summed E-state index contributed by atoms with van der Waals surface area (Å²) in [5, 5.41) is 10.1. The molecule has 0 bridgehead atoms. The summed E-state index contributed by atoms with van der Waals surface area (Å²) in [6.45, 7) is 0. The summed E-state index contributed by atoms with van der Waals surface area (Å²) in [4.78, 5) is 17.8. The third-order valence-corrected chi connectivity index (χ3v) is 5.68. The number of para-hydroxylation sites is 1. The summed E-state index contributed by atoms with van der Waals surface area (Å²) in [6.07, 6.45) is 0. The van der Waals surface area contributed by atoms with E-state index in [1.165, 1.54) is 34.5 Å². The standard InChI is InChI=1S/C22H13ClFN3OS/c23-18-11-16(9-10-19(18)24)27-21(28)17-7-3-4-8-20(17)26-22(27)29-13-15-6-2-1-5-14(15)12-25/h1-11H,13H2. The van der Waals surface area contributed by atoms with Crippen LogP contribution in [-0.2, 0) is 5.75 Å². The van der Waals surface area contributed by atoms with E-state index in [1.54, 1.807) is 30.3 Å². The van der Waals surface area contributed by atoms with Gasteiger partial charge in [0.2, 0.25) is 0 Å². The van der Waals surface area contributed by atoms with Gasteiger partial charge in [-0.25, -0.2) is 9.37 Å². The fourth-order valence-corrected chi connectivity index (χ4v) is 4.15. The van der Waals surface area contributed by atoms with Gasteiger partial charge in [-0.05, 0) is 42.0 Å². The molecule has 0 spiro atoms. The largest absolute Gasteiger partial charge is 0.268 e. The molecular weight excluding hydrogens is 409 g/mol. The van der Waals surface area contributed by atoms with Gasteiger partial charge < -0.3 is 0 Å². The minimum absolute atomic E-state index is 0.0756. The maximum absolute atomic E-state index is 13.7. The van der Waals surface area contributed by atoms with Crippen LogP contribution in [0.15, 0.2) is 76.7 Å². The van der Waals surface area contributed by atoms with Gasteiger partial charge in [0.25, 0.3) is 5.56 Å². The molecule has 4 nitrogen and oxygen atoms in total. The van der Waals surface area contributed by atoms with Gasteiger partial charge in [0.15, 0.2) is 5.16 Å². The van der Waals surface area contributed by atoms with Crippen molar-refractivity contribution in [3.63, 3.8) is 0 Å². The molecule has 7 heteroatoms. The van der Waals surface area contributed by atoms with Gasteiger partial charge in [0.1, 0.15) is 5.82 Å². The fraction of sp³-hybridized carbons (Fsp3) is 0.0455. The minimum Gasteiger partial charge on any atom is -0.268 e. The van der Waals surface area contributed by atoms with Crippen LogP contribution in [0.2, 0.25) is 5.02 Å². The Balaban J connectivity index is 1.86. The highest BCUT2D eigenvalue weighted by molar-refractivity contribution is 7.98. The highest BCUT2D eigenvalue weighted by Crippen LogP contribution is 2.27. The summed E-state index contributed by atoms with van der Waals surface area (Å²) in [5.41, 5.74) is 2.13. The molecule has 4 aromatic rings. The van der Waals surface area contributed by atoms with Crippen molar-refractivity contribution in [3.8, 4) is 11.8 Å². The monoisotopic (exact) mass is 421 g/mol. The molecule has 1 heterocycles. The molecule has 0 aliphatic heterocycles. The van der Waals surface area contributed by atoms with E-state index < -0.39 is 5.82 Å². The topological polar surface area (TPSA) is 58.7 Å². The first-order valence-corrected chi connectivity index (χ1v) is 10.0. The van der Waals surface area contributed by atoms with Crippen LogP contribution in [0.4, 0.5) is 4.39 Å². The smallest absolute Gasteiger partial charge is 0.266 e. The van der Waals surface area contributed by atoms with Crippen LogP contribution in [0.25, 0.3) is 16.6 Å². The minimum atomic E-state index is -0.561. The lowest BCUT2D eigenvalue weighted by molar-refractivity contribution is 0.627. The highest BCUT2D eigenvalue weighted by atomic mass is 35.5. The molecule has 0 saturated heterocycles. The average molecular weight is 422 g/mol. The van der Waals surface area contributed by atoms with Crippen LogP contribution in [0.1, 0.15) is 11.1 Å². The second-order valence-corrected chi connectivity index (χ2v) is 7.56. The van der Waals surface area contributed by atoms with Crippen molar-refractivity contribution in [2.24, 2.45) is 0 Å². The van der Waals surface area contributed by atoms with Crippen molar-refractivity contribution in [1.29, 1.82) is 5.26 Å². The van der Waals surface area contributed by atoms with Crippen molar-refractivity contribution < 1.29 is 4.39 Å². The summed E-state index contributed by atoms with van der Waals surface area (Å²) in [6, 6.07) is 20.6. The zero-order valence-electron chi connectivity index (χ0n) is 15.0. The van der Waals surface area contributed by atoms with E-state index in [0.29, 0.717) is 33.1 Å². The van der Waals surface area contributed by atoms with Crippen LogP contribution in [0, 0.1) is 17.1 Å². The third-order valence-electron chi connectivity index (χ3n) is 4.40. The van der Waals surface area contributed by atoms with Gasteiger partial charge in [0, 0.05) is 5.75 Å². The summed E-state index contributed by atoms with van der Waals surface area (Å²) < 4.78 is 15.1.